The monoisotopic (exact) mass is 379 g/mol. The Morgan fingerprint density at radius 3 is 2.48 bits per heavy atom. The van der Waals surface area contributed by atoms with Gasteiger partial charge in [-0.2, -0.15) is 0 Å². The Morgan fingerprint density at radius 2 is 1.74 bits per heavy atom. The van der Waals surface area contributed by atoms with Crippen molar-refractivity contribution >= 4 is 34.8 Å². The van der Waals surface area contributed by atoms with Crippen LogP contribution in [-0.4, -0.2) is 16.9 Å². The lowest BCUT2D eigenvalue weighted by atomic mass is 10.1. The highest BCUT2D eigenvalue weighted by atomic mass is 32.1. The van der Waals surface area contributed by atoms with Crippen LogP contribution >= 0.6 is 12.2 Å². The van der Waals surface area contributed by atoms with E-state index in [1.165, 1.54) is 12.3 Å². The SMILES string of the molecule is O=C(NCc1ccccc1)c1cccc(NC(=S)NC(=O)c2ccco2)c1. The first-order valence-corrected chi connectivity index (χ1v) is 8.60. The summed E-state index contributed by atoms with van der Waals surface area (Å²) in [7, 11) is 0. The topological polar surface area (TPSA) is 83.4 Å². The normalized spacial score (nSPS) is 10.1. The number of amides is 2. The van der Waals surface area contributed by atoms with Crippen LogP contribution < -0.4 is 16.0 Å². The Kier molecular flexibility index (Phi) is 5.96. The molecule has 1 heterocycles. The molecule has 0 unspecified atom stereocenters. The minimum atomic E-state index is -0.450. The molecule has 6 nitrogen and oxygen atoms in total. The lowest BCUT2D eigenvalue weighted by molar-refractivity contribution is 0.0942. The number of nitrogens with one attached hydrogen (secondary N) is 3. The van der Waals surface area contributed by atoms with Crippen LogP contribution in [0.1, 0.15) is 26.5 Å². The lowest BCUT2D eigenvalue weighted by Crippen LogP contribution is -2.34. The summed E-state index contributed by atoms with van der Waals surface area (Å²) in [5, 5.41) is 8.37. The predicted octanol–water partition coefficient (Wildman–Crippen LogP) is 3.34. The van der Waals surface area contributed by atoms with E-state index in [0.717, 1.165) is 5.56 Å². The third-order valence-electron chi connectivity index (χ3n) is 3.65. The number of hydrogen-bond donors (Lipinski definition) is 3. The van der Waals surface area contributed by atoms with Gasteiger partial charge in [-0.25, -0.2) is 0 Å². The van der Waals surface area contributed by atoms with Gasteiger partial charge in [-0.3, -0.25) is 14.9 Å². The molecule has 1 aromatic heterocycles. The predicted molar refractivity (Wildman–Crippen MR) is 106 cm³/mol. The van der Waals surface area contributed by atoms with E-state index >= 15 is 0 Å². The van der Waals surface area contributed by atoms with Crippen molar-refractivity contribution in [2.45, 2.75) is 6.54 Å². The fourth-order valence-electron chi connectivity index (χ4n) is 2.35. The van der Waals surface area contributed by atoms with Gasteiger partial charge in [0.1, 0.15) is 0 Å². The Balaban J connectivity index is 1.57. The summed E-state index contributed by atoms with van der Waals surface area (Å²) in [4.78, 5) is 24.2. The summed E-state index contributed by atoms with van der Waals surface area (Å²) in [6.07, 6.45) is 1.41. The molecule has 0 fully saturated rings. The van der Waals surface area contributed by atoms with Crippen molar-refractivity contribution in [1.29, 1.82) is 0 Å². The first kappa shape index (κ1) is 18.3. The van der Waals surface area contributed by atoms with Crippen molar-refractivity contribution in [3.05, 3.63) is 89.9 Å². The molecule has 3 aromatic rings. The van der Waals surface area contributed by atoms with Crippen molar-refractivity contribution in [1.82, 2.24) is 10.6 Å². The molecule has 0 aliphatic rings. The number of furan rings is 1. The van der Waals surface area contributed by atoms with E-state index in [-0.39, 0.29) is 16.8 Å². The van der Waals surface area contributed by atoms with Crippen LogP contribution in [0.25, 0.3) is 0 Å². The molecule has 3 N–H and O–H groups in total. The van der Waals surface area contributed by atoms with E-state index in [4.69, 9.17) is 16.6 Å². The van der Waals surface area contributed by atoms with E-state index in [2.05, 4.69) is 16.0 Å². The molecule has 3 rings (SSSR count). The van der Waals surface area contributed by atoms with E-state index in [9.17, 15) is 9.59 Å². The molecule has 136 valence electrons. The van der Waals surface area contributed by atoms with E-state index in [1.54, 1.807) is 30.3 Å². The summed E-state index contributed by atoms with van der Waals surface area (Å²) in [6.45, 7) is 0.439. The number of hydrogen-bond acceptors (Lipinski definition) is 4. The highest BCUT2D eigenvalue weighted by Gasteiger charge is 2.11. The molecular formula is C20H17N3O3S. The molecule has 2 aromatic carbocycles. The van der Waals surface area contributed by atoms with Gasteiger partial charge in [-0.15, -0.1) is 0 Å². The molecule has 0 radical (unpaired) electrons. The second-order valence-corrected chi connectivity index (χ2v) is 6.04. The van der Waals surface area contributed by atoms with Gasteiger partial charge in [-0.1, -0.05) is 36.4 Å². The maximum absolute atomic E-state index is 12.3. The average Bonchev–Trinajstić information content (AvgIpc) is 3.22. The molecule has 0 saturated heterocycles. The smallest absolute Gasteiger partial charge is 0.293 e. The summed E-state index contributed by atoms with van der Waals surface area (Å²) < 4.78 is 5.01. The van der Waals surface area contributed by atoms with Crippen LogP contribution in [0.3, 0.4) is 0 Å². The van der Waals surface area contributed by atoms with Crippen LogP contribution in [0.5, 0.6) is 0 Å². The van der Waals surface area contributed by atoms with Crippen LogP contribution in [-0.2, 0) is 6.54 Å². The van der Waals surface area contributed by atoms with Crippen molar-refractivity contribution in [3.63, 3.8) is 0 Å². The number of thiocarbonyl (C=S) groups is 1. The number of benzene rings is 2. The molecule has 0 aliphatic heterocycles. The number of carbonyl (C=O) groups is 2. The molecule has 0 atom stereocenters. The summed E-state index contributed by atoms with van der Waals surface area (Å²) in [5.74, 6) is -0.490. The van der Waals surface area contributed by atoms with Gasteiger partial charge in [0, 0.05) is 17.8 Å². The molecular weight excluding hydrogens is 362 g/mol. The second kappa shape index (κ2) is 8.77. The van der Waals surface area contributed by atoms with Gasteiger partial charge in [0.15, 0.2) is 10.9 Å². The van der Waals surface area contributed by atoms with Crippen LogP contribution in [0.4, 0.5) is 5.69 Å². The van der Waals surface area contributed by atoms with Crippen molar-refractivity contribution < 1.29 is 14.0 Å². The minimum Gasteiger partial charge on any atom is -0.459 e. The van der Waals surface area contributed by atoms with Crippen LogP contribution in [0.15, 0.2) is 77.4 Å². The Labute approximate surface area is 161 Å². The van der Waals surface area contributed by atoms with E-state index in [1.807, 2.05) is 30.3 Å². The van der Waals surface area contributed by atoms with E-state index in [0.29, 0.717) is 17.8 Å². The highest BCUT2D eigenvalue weighted by Crippen LogP contribution is 2.11. The number of rotatable bonds is 5. The highest BCUT2D eigenvalue weighted by molar-refractivity contribution is 7.80. The van der Waals surface area contributed by atoms with E-state index < -0.39 is 5.91 Å². The zero-order chi connectivity index (χ0) is 19.1. The average molecular weight is 379 g/mol. The molecule has 2 amide bonds. The summed E-state index contributed by atoms with van der Waals surface area (Å²) in [5.41, 5.74) is 2.09. The maximum atomic E-state index is 12.3. The number of anilines is 1. The molecule has 0 aliphatic carbocycles. The lowest BCUT2D eigenvalue weighted by Gasteiger charge is -2.10. The van der Waals surface area contributed by atoms with Crippen LogP contribution in [0, 0.1) is 0 Å². The van der Waals surface area contributed by atoms with Gasteiger partial charge in [0.25, 0.3) is 11.8 Å². The number of carbonyl (C=O) groups excluding carboxylic acids is 2. The Bertz CT molecular complexity index is 940. The van der Waals surface area contributed by atoms with Gasteiger partial charge < -0.3 is 15.1 Å². The quantitative estimate of drug-likeness (QED) is 0.592. The largest absolute Gasteiger partial charge is 0.459 e. The maximum Gasteiger partial charge on any atom is 0.293 e. The van der Waals surface area contributed by atoms with Crippen molar-refractivity contribution in [2.75, 3.05) is 5.32 Å². The fourth-order valence-corrected chi connectivity index (χ4v) is 2.56. The van der Waals surface area contributed by atoms with Gasteiger partial charge in [0.2, 0.25) is 0 Å². The molecule has 7 heteroatoms. The third-order valence-corrected chi connectivity index (χ3v) is 3.85. The third kappa shape index (κ3) is 5.26. The fraction of sp³-hybridized carbons (Fsp3) is 0.0500. The first-order chi connectivity index (χ1) is 13.1. The molecule has 0 saturated carbocycles. The zero-order valence-corrected chi connectivity index (χ0v) is 15.1. The van der Waals surface area contributed by atoms with Gasteiger partial charge in [0.05, 0.1) is 6.26 Å². The van der Waals surface area contributed by atoms with Gasteiger partial charge in [-0.05, 0) is 48.1 Å². The Morgan fingerprint density at radius 1 is 0.926 bits per heavy atom. The summed E-state index contributed by atoms with van der Waals surface area (Å²) >= 11 is 5.13. The van der Waals surface area contributed by atoms with Crippen molar-refractivity contribution in [3.8, 4) is 0 Å². The molecule has 0 bridgehead atoms. The van der Waals surface area contributed by atoms with Crippen LogP contribution in [0.2, 0.25) is 0 Å². The summed E-state index contributed by atoms with van der Waals surface area (Å²) in [6, 6.07) is 19.6. The standard InChI is InChI=1S/C20H17N3O3S/c24-18(21-13-14-6-2-1-3-7-14)15-8-4-9-16(12-15)22-20(27)23-19(25)17-10-5-11-26-17/h1-12H,13H2,(H,21,24)(H2,22,23,25,27). The second-order valence-electron chi connectivity index (χ2n) is 5.63. The van der Waals surface area contributed by atoms with Crippen molar-refractivity contribution in [2.24, 2.45) is 0 Å². The zero-order valence-electron chi connectivity index (χ0n) is 14.3. The minimum absolute atomic E-state index is 0.109. The molecule has 0 spiro atoms. The van der Waals surface area contributed by atoms with Gasteiger partial charge >= 0.3 is 0 Å². The Hall–Kier alpha value is -3.45. The molecule has 27 heavy (non-hydrogen) atoms. The first-order valence-electron chi connectivity index (χ1n) is 8.20.